The average Bonchev–Trinajstić information content (AvgIpc) is 2.53. The molecule has 1 spiro atoms. The Morgan fingerprint density at radius 2 is 1.75 bits per heavy atom. The smallest absolute Gasteiger partial charge is 0.410 e. The number of nitrogens with zero attached hydrogens (tertiary/aromatic N) is 1. The van der Waals surface area contributed by atoms with Crippen molar-refractivity contribution in [1.29, 1.82) is 0 Å². The number of hydrogen-bond acceptors (Lipinski definition) is 3. The maximum absolute atomic E-state index is 13.9. The third kappa shape index (κ3) is 3.34. The summed E-state index contributed by atoms with van der Waals surface area (Å²) in [7, 11) is 0. The molecule has 2 aliphatic heterocycles. The molecule has 1 amide bonds. The van der Waals surface area contributed by atoms with Crippen molar-refractivity contribution in [3.05, 3.63) is 0 Å². The van der Waals surface area contributed by atoms with Crippen LogP contribution >= 0.6 is 12.4 Å². The number of hydrogen-bond donors (Lipinski definition) is 1. The standard InChI is InChI=1S/C13H22F2N2O2.ClH/c1-11(2,3)19-10(18)17-8-5-12(6-9-17)13(14,15)4-7-16-12;/h16H,4-9H2,1-3H3;1H. The zero-order chi connectivity index (χ0) is 14.3. The van der Waals surface area contributed by atoms with Gasteiger partial charge in [-0.2, -0.15) is 0 Å². The second-order valence-electron chi connectivity index (χ2n) is 6.43. The maximum atomic E-state index is 13.9. The first-order valence-corrected chi connectivity index (χ1v) is 6.76. The van der Waals surface area contributed by atoms with Crippen LogP contribution < -0.4 is 5.32 Å². The van der Waals surface area contributed by atoms with Crippen molar-refractivity contribution in [2.24, 2.45) is 0 Å². The van der Waals surface area contributed by atoms with Crippen LogP contribution in [0.2, 0.25) is 0 Å². The predicted octanol–water partition coefficient (Wildman–Crippen LogP) is 2.81. The van der Waals surface area contributed by atoms with Crippen molar-refractivity contribution in [3.63, 3.8) is 0 Å². The van der Waals surface area contributed by atoms with Gasteiger partial charge in [0, 0.05) is 26.1 Å². The summed E-state index contributed by atoms with van der Waals surface area (Å²) in [5.41, 5.74) is -1.67. The van der Waals surface area contributed by atoms with Gasteiger partial charge in [-0.1, -0.05) is 0 Å². The number of amides is 1. The molecule has 1 N–H and O–H groups in total. The molecule has 0 aliphatic carbocycles. The number of likely N-dealkylation sites (tertiary alicyclic amines) is 1. The minimum atomic E-state index is -2.67. The SMILES string of the molecule is CC(C)(C)OC(=O)N1CCC2(CC1)NCCC2(F)F.Cl. The van der Waals surface area contributed by atoms with E-state index < -0.39 is 23.2 Å². The largest absolute Gasteiger partial charge is 0.444 e. The Morgan fingerprint density at radius 3 is 2.15 bits per heavy atom. The summed E-state index contributed by atoms with van der Waals surface area (Å²) in [6, 6.07) is 0. The van der Waals surface area contributed by atoms with E-state index in [0.717, 1.165) is 0 Å². The third-order valence-corrected chi connectivity index (χ3v) is 3.87. The molecule has 0 unspecified atom stereocenters. The normalized spacial score (nSPS) is 24.4. The highest BCUT2D eigenvalue weighted by atomic mass is 35.5. The first kappa shape index (κ1) is 17.4. The monoisotopic (exact) mass is 312 g/mol. The summed E-state index contributed by atoms with van der Waals surface area (Å²) < 4.78 is 33.0. The number of carbonyl (C=O) groups excluding carboxylic acids is 1. The fraction of sp³-hybridized carbons (Fsp3) is 0.923. The molecule has 0 aromatic heterocycles. The van der Waals surface area contributed by atoms with Crippen molar-refractivity contribution >= 4 is 18.5 Å². The van der Waals surface area contributed by atoms with Crippen LogP contribution in [-0.4, -0.2) is 47.7 Å². The second-order valence-corrected chi connectivity index (χ2v) is 6.43. The lowest BCUT2D eigenvalue weighted by Crippen LogP contribution is -2.59. The topological polar surface area (TPSA) is 41.6 Å². The van der Waals surface area contributed by atoms with E-state index >= 15 is 0 Å². The Morgan fingerprint density at radius 1 is 1.20 bits per heavy atom. The third-order valence-electron chi connectivity index (χ3n) is 3.87. The number of alkyl halides is 2. The number of rotatable bonds is 0. The molecule has 2 saturated heterocycles. The lowest BCUT2D eigenvalue weighted by atomic mass is 9.83. The summed E-state index contributed by atoms with van der Waals surface area (Å²) in [6.45, 7) is 6.36. The van der Waals surface area contributed by atoms with Crippen LogP contribution in [0.15, 0.2) is 0 Å². The second kappa shape index (κ2) is 5.64. The summed E-state index contributed by atoms with van der Waals surface area (Å²) in [4.78, 5) is 13.4. The first-order valence-electron chi connectivity index (χ1n) is 6.76. The Kier molecular flexibility index (Phi) is 4.91. The van der Waals surface area contributed by atoms with Gasteiger partial charge in [0.05, 0.1) is 5.54 Å². The van der Waals surface area contributed by atoms with Gasteiger partial charge in [0.15, 0.2) is 0 Å². The number of ether oxygens (including phenoxy) is 1. The predicted molar refractivity (Wildman–Crippen MR) is 74.6 cm³/mol. The Hall–Kier alpha value is -0.620. The zero-order valence-electron chi connectivity index (χ0n) is 12.2. The van der Waals surface area contributed by atoms with E-state index in [2.05, 4.69) is 5.32 Å². The van der Waals surface area contributed by atoms with Crippen LogP contribution in [0.4, 0.5) is 13.6 Å². The molecule has 0 atom stereocenters. The summed E-state index contributed by atoms with van der Waals surface area (Å²) in [5.74, 6) is -2.67. The van der Waals surface area contributed by atoms with Crippen molar-refractivity contribution < 1.29 is 18.3 Å². The molecule has 0 saturated carbocycles. The van der Waals surface area contributed by atoms with Gasteiger partial charge < -0.3 is 15.0 Å². The van der Waals surface area contributed by atoms with Gasteiger partial charge in [0.1, 0.15) is 5.60 Å². The van der Waals surface area contributed by atoms with Crippen molar-refractivity contribution in [2.75, 3.05) is 19.6 Å². The Balaban J connectivity index is 0.00000200. The van der Waals surface area contributed by atoms with E-state index in [1.54, 1.807) is 20.8 Å². The number of piperidine rings is 1. The lowest BCUT2D eigenvalue weighted by Gasteiger charge is -2.42. The molecule has 118 valence electrons. The van der Waals surface area contributed by atoms with Crippen LogP contribution in [0.5, 0.6) is 0 Å². The zero-order valence-corrected chi connectivity index (χ0v) is 13.0. The molecule has 2 rings (SSSR count). The van der Waals surface area contributed by atoms with Gasteiger partial charge in [-0.3, -0.25) is 0 Å². The fourth-order valence-electron chi connectivity index (χ4n) is 2.77. The first-order chi connectivity index (χ1) is 8.65. The molecule has 0 bridgehead atoms. The molecular formula is C13H23ClF2N2O2. The van der Waals surface area contributed by atoms with Gasteiger partial charge in [-0.25, -0.2) is 13.6 Å². The van der Waals surface area contributed by atoms with Gasteiger partial charge >= 0.3 is 6.09 Å². The highest BCUT2D eigenvalue weighted by Crippen LogP contribution is 2.43. The van der Waals surface area contributed by atoms with Crippen LogP contribution in [0, 0.1) is 0 Å². The summed E-state index contributed by atoms with van der Waals surface area (Å²) in [6.07, 6.45) is 0.0291. The van der Waals surface area contributed by atoms with Gasteiger partial charge in [-0.05, 0) is 33.6 Å². The highest BCUT2D eigenvalue weighted by molar-refractivity contribution is 5.85. The molecule has 2 fully saturated rings. The van der Waals surface area contributed by atoms with Crippen molar-refractivity contribution in [3.8, 4) is 0 Å². The maximum Gasteiger partial charge on any atom is 0.410 e. The van der Waals surface area contributed by atoms with Gasteiger partial charge in [0.25, 0.3) is 5.92 Å². The van der Waals surface area contributed by atoms with Crippen LogP contribution in [0.25, 0.3) is 0 Å². The molecule has 2 heterocycles. The van der Waals surface area contributed by atoms with Gasteiger partial charge in [0.2, 0.25) is 0 Å². The molecule has 0 radical (unpaired) electrons. The van der Waals surface area contributed by atoms with Crippen LogP contribution in [0.3, 0.4) is 0 Å². The molecule has 0 aromatic carbocycles. The molecule has 4 nitrogen and oxygen atoms in total. The van der Waals surface area contributed by atoms with E-state index in [9.17, 15) is 13.6 Å². The molecule has 20 heavy (non-hydrogen) atoms. The molecular weight excluding hydrogens is 290 g/mol. The summed E-state index contributed by atoms with van der Waals surface area (Å²) in [5, 5.41) is 2.94. The fourth-order valence-corrected chi connectivity index (χ4v) is 2.77. The van der Waals surface area contributed by atoms with Crippen molar-refractivity contribution in [1.82, 2.24) is 10.2 Å². The van der Waals surface area contributed by atoms with Gasteiger partial charge in [-0.15, -0.1) is 12.4 Å². The van der Waals surface area contributed by atoms with E-state index in [1.807, 2.05) is 0 Å². The number of carbonyl (C=O) groups is 1. The summed E-state index contributed by atoms with van der Waals surface area (Å²) >= 11 is 0. The van der Waals surface area contributed by atoms with E-state index in [0.29, 0.717) is 19.6 Å². The van der Waals surface area contributed by atoms with Crippen LogP contribution in [-0.2, 0) is 4.74 Å². The molecule has 0 aromatic rings. The Labute approximate surface area is 124 Å². The minimum Gasteiger partial charge on any atom is -0.444 e. The Bertz CT molecular complexity index is 364. The van der Waals surface area contributed by atoms with E-state index in [4.69, 9.17) is 4.74 Å². The van der Waals surface area contributed by atoms with E-state index in [1.165, 1.54) is 4.90 Å². The number of halogens is 3. The number of nitrogens with one attached hydrogen (secondary N) is 1. The average molecular weight is 313 g/mol. The molecule has 7 heteroatoms. The quantitative estimate of drug-likeness (QED) is 0.748. The van der Waals surface area contributed by atoms with Crippen LogP contribution in [0.1, 0.15) is 40.0 Å². The molecule has 2 aliphatic rings. The minimum absolute atomic E-state index is 0. The van der Waals surface area contributed by atoms with Crippen molar-refractivity contribution in [2.45, 2.75) is 57.1 Å². The highest BCUT2D eigenvalue weighted by Gasteiger charge is 2.57. The van der Waals surface area contributed by atoms with E-state index in [-0.39, 0.29) is 31.7 Å². The lowest BCUT2D eigenvalue weighted by molar-refractivity contribution is -0.0839.